The second kappa shape index (κ2) is 10.2. The third-order valence-corrected chi connectivity index (χ3v) is 6.11. The zero-order valence-electron chi connectivity index (χ0n) is 17.8. The first-order chi connectivity index (χ1) is 16.0. The zero-order chi connectivity index (χ0) is 23.4. The maximum atomic E-state index is 13.3. The monoisotopic (exact) mass is 485 g/mol. The number of ether oxygens (including phenoxy) is 3. The summed E-state index contributed by atoms with van der Waals surface area (Å²) >= 11 is 12.4. The Labute approximate surface area is 201 Å². The lowest BCUT2D eigenvalue weighted by molar-refractivity contribution is -0.145. The van der Waals surface area contributed by atoms with Crippen molar-refractivity contribution in [2.45, 2.75) is 25.4 Å². The Morgan fingerprint density at radius 1 is 1.09 bits per heavy atom. The first-order valence-electron chi connectivity index (χ1n) is 10.3. The molecule has 1 atom stereocenters. The Morgan fingerprint density at radius 2 is 1.82 bits per heavy atom. The number of nitrogens with zero attached hydrogens (tertiary/aromatic N) is 1. The highest BCUT2D eigenvalue weighted by atomic mass is 35.5. The van der Waals surface area contributed by atoms with Crippen LogP contribution in [0.2, 0.25) is 10.0 Å². The van der Waals surface area contributed by atoms with E-state index in [0.29, 0.717) is 38.2 Å². The van der Waals surface area contributed by atoms with E-state index in [1.807, 2.05) is 30.3 Å². The largest absolute Gasteiger partial charge is 0.493 e. The molecule has 1 aliphatic rings. The number of hydrogen-bond acceptors (Lipinski definition) is 6. The van der Waals surface area contributed by atoms with Crippen LogP contribution < -0.4 is 9.47 Å². The average Bonchev–Trinajstić information content (AvgIpc) is 3.24. The smallest absolute Gasteiger partial charge is 0.306 e. The van der Waals surface area contributed by atoms with Crippen molar-refractivity contribution in [3.05, 3.63) is 87.2 Å². The van der Waals surface area contributed by atoms with Crippen molar-refractivity contribution in [1.82, 2.24) is 4.98 Å². The second-order valence-corrected chi connectivity index (χ2v) is 8.41. The number of carbonyl (C=O) groups excluding carboxylic acids is 2. The summed E-state index contributed by atoms with van der Waals surface area (Å²) in [6, 6.07) is 12.8. The highest BCUT2D eigenvalue weighted by Crippen LogP contribution is 2.45. The van der Waals surface area contributed by atoms with Crippen LogP contribution in [0.25, 0.3) is 0 Å². The molecule has 1 aromatic heterocycles. The molecule has 1 unspecified atom stereocenters. The van der Waals surface area contributed by atoms with Crippen molar-refractivity contribution in [1.29, 1.82) is 0 Å². The van der Waals surface area contributed by atoms with E-state index in [9.17, 15) is 9.59 Å². The molecule has 0 fully saturated rings. The van der Waals surface area contributed by atoms with Crippen LogP contribution in [0.1, 0.15) is 39.4 Å². The van der Waals surface area contributed by atoms with Crippen LogP contribution in [-0.2, 0) is 22.6 Å². The molecule has 33 heavy (non-hydrogen) atoms. The Hall–Kier alpha value is -3.09. The van der Waals surface area contributed by atoms with Gasteiger partial charge in [-0.2, -0.15) is 0 Å². The topological polar surface area (TPSA) is 74.7 Å². The van der Waals surface area contributed by atoms with Gasteiger partial charge in [0.15, 0.2) is 17.3 Å². The van der Waals surface area contributed by atoms with Crippen molar-refractivity contribution in [3.63, 3.8) is 0 Å². The first kappa shape index (κ1) is 23.1. The predicted molar refractivity (Wildman–Crippen MR) is 124 cm³/mol. The van der Waals surface area contributed by atoms with E-state index in [1.54, 1.807) is 12.1 Å². The van der Waals surface area contributed by atoms with Crippen molar-refractivity contribution in [3.8, 4) is 11.5 Å². The Bertz CT molecular complexity index is 1160. The molecule has 1 aliphatic heterocycles. The highest BCUT2D eigenvalue weighted by Gasteiger charge is 2.34. The van der Waals surface area contributed by atoms with Gasteiger partial charge in [0.25, 0.3) is 0 Å². The number of ketones is 1. The number of Topliss-reactive ketones (excluding diaryl/α,β-unsaturated/α-hetero) is 1. The van der Waals surface area contributed by atoms with Crippen LogP contribution in [-0.4, -0.2) is 30.5 Å². The van der Waals surface area contributed by atoms with Crippen molar-refractivity contribution < 1.29 is 23.8 Å². The maximum absolute atomic E-state index is 13.3. The fourth-order valence-corrected chi connectivity index (χ4v) is 4.33. The van der Waals surface area contributed by atoms with Crippen molar-refractivity contribution in [2.75, 3.05) is 13.7 Å². The van der Waals surface area contributed by atoms with Crippen LogP contribution in [0, 0.1) is 0 Å². The Balaban J connectivity index is 1.56. The van der Waals surface area contributed by atoms with Gasteiger partial charge in [-0.25, -0.2) is 0 Å². The number of hydrogen-bond donors (Lipinski definition) is 0. The van der Waals surface area contributed by atoms with Gasteiger partial charge in [-0.1, -0.05) is 53.5 Å². The van der Waals surface area contributed by atoms with Gasteiger partial charge in [-0.05, 0) is 17.7 Å². The second-order valence-electron chi connectivity index (χ2n) is 7.60. The van der Waals surface area contributed by atoms with Crippen LogP contribution in [0.5, 0.6) is 11.5 Å². The van der Waals surface area contributed by atoms with Gasteiger partial charge in [0.05, 0.1) is 30.2 Å². The predicted octanol–water partition coefficient (Wildman–Crippen LogP) is 5.43. The summed E-state index contributed by atoms with van der Waals surface area (Å²) in [6.07, 6.45) is 2.96. The van der Waals surface area contributed by atoms with Crippen LogP contribution in [0.4, 0.5) is 0 Å². The maximum Gasteiger partial charge on any atom is 0.306 e. The number of pyridine rings is 1. The van der Waals surface area contributed by atoms with Gasteiger partial charge in [0.1, 0.15) is 6.61 Å². The third kappa shape index (κ3) is 5.13. The molecule has 0 radical (unpaired) electrons. The number of rotatable bonds is 8. The lowest BCUT2D eigenvalue weighted by Crippen LogP contribution is -2.14. The summed E-state index contributed by atoms with van der Waals surface area (Å²) in [5, 5.41) is 0.636. The fraction of sp³-hybridized carbons (Fsp3) is 0.240. The summed E-state index contributed by atoms with van der Waals surface area (Å²) < 4.78 is 16.7. The number of benzene rings is 2. The van der Waals surface area contributed by atoms with Crippen LogP contribution >= 0.6 is 23.2 Å². The molecule has 8 heteroatoms. The zero-order valence-corrected chi connectivity index (χ0v) is 19.4. The summed E-state index contributed by atoms with van der Waals surface area (Å²) in [6.45, 7) is 0.427. The van der Waals surface area contributed by atoms with E-state index in [4.69, 9.17) is 37.4 Å². The molecule has 6 nitrogen and oxygen atoms in total. The molecule has 0 spiro atoms. The summed E-state index contributed by atoms with van der Waals surface area (Å²) in [7, 11) is 1.53. The van der Waals surface area contributed by atoms with E-state index in [1.165, 1.54) is 19.5 Å². The molecular weight excluding hydrogens is 465 g/mol. The fourth-order valence-electron chi connectivity index (χ4n) is 3.83. The highest BCUT2D eigenvalue weighted by molar-refractivity contribution is 6.36. The number of aromatic nitrogens is 1. The molecular formula is C25H21Cl2NO5. The molecule has 170 valence electrons. The molecule has 0 aliphatic carbocycles. The van der Waals surface area contributed by atoms with E-state index in [2.05, 4.69) is 4.98 Å². The molecule has 3 aromatic rings. The lowest BCUT2D eigenvalue weighted by Gasteiger charge is -2.15. The standard InChI is InChI=1S/C25H21Cl2NO5/c1-31-22-8-7-17(21(29)10-18-19(26)11-28-12-20(18)27)24-16(14-33-25(22)24)9-23(30)32-13-15-5-3-2-4-6-15/h2-8,11-12,16H,9-10,13-14H2,1H3. The minimum absolute atomic E-state index is 0.00979. The molecule has 0 amide bonds. The number of halogens is 2. The molecule has 4 rings (SSSR count). The summed E-state index contributed by atoms with van der Waals surface area (Å²) in [5.41, 5.74) is 2.48. The minimum atomic E-state index is -0.373. The average molecular weight is 486 g/mol. The summed E-state index contributed by atoms with van der Waals surface area (Å²) in [4.78, 5) is 29.8. The quantitative estimate of drug-likeness (QED) is 0.312. The molecule has 0 saturated heterocycles. The van der Waals surface area contributed by atoms with Gasteiger partial charge in [0, 0.05) is 41.4 Å². The Kier molecular flexibility index (Phi) is 7.16. The molecule has 0 N–H and O–H groups in total. The molecule has 2 heterocycles. The number of fused-ring (bicyclic) bond motifs is 1. The van der Waals surface area contributed by atoms with E-state index < -0.39 is 0 Å². The van der Waals surface area contributed by atoms with Crippen molar-refractivity contribution in [2.24, 2.45) is 0 Å². The number of methoxy groups -OCH3 is 1. The van der Waals surface area contributed by atoms with Gasteiger partial charge in [-0.3, -0.25) is 14.6 Å². The first-order valence-corrected chi connectivity index (χ1v) is 11.1. The summed E-state index contributed by atoms with van der Waals surface area (Å²) in [5.74, 6) is 0.0531. The van der Waals surface area contributed by atoms with Gasteiger partial charge in [0.2, 0.25) is 0 Å². The van der Waals surface area contributed by atoms with E-state index >= 15 is 0 Å². The molecule has 2 aromatic carbocycles. The molecule has 0 bridgehead atoms. The van der Waals surface area contributed by atoms with Crippen molar-refractivity contribution >= 4 is 35.0 Å². The van der Waals surface area contributed by atoms with Gasteiger partial charge < -0.3 is 14.2 Å². The van der Waals surface area contributed by atoms with E-state index in [-0.39, 0.29) is 43.7 Å². The molecule has 0 saturated carbocycles. The van der Waals surface area contributed by atoms with Crippen LogP contribution in [0.3, 0.4) is 0 Å². The lowest BCUT2D eigenvalue weighted by atomic mass is 9.89. The Morgan fingerprint density at radius 3 is 2.52 bits per heavy atom. The van der Waals surface area contributed by atoms with E-state index in [0.717, 1.165) is 5.56 Å². The normalized spacial score (nSPS) is 14.3. The van der Waals surface area contributed by atoms with Crippen LogP contribution in [0.15, 0.2) is 54.9 Å². The SMILES string of the molecule is COc1ccc(C(=O)Cc2c(Cl)cncc2Cl)c2c1OCC2CC(=O)OCc1ccccc1. The minimum Gasteiger partial charge on any atom is -0.493 e. The number of carbonyl (C=O) groups is 2. The van der Waals surface area contributed by atoms with Gasteiger partial charge >= 0.3 is 5.97 Å². The number of esters is 1. The van der Waals surface area contributed by atoms with Gasteiger partial charge in [-0.15, -0.1) is 0 Å². The third-order valence-electron chi connectivity index (χ3n) is 5.46.